The Kier molecular flexibility index (Phi) is 3.89. The molecule has 0 saturated heterocycles. The van der Waals surface area contributed by atoms with Crippen molar-refractivity contribution in [1.29, 1.82) is 0 Å². The van der Waals surface area contributed by atoms with E-state index >= 15 is 0 Å². The number of rotatable bonds is 4. The fourth-order valence-electron chi connectivity index (χ4n) is 2.65. The maximum Gasteiger partial charge on any atom is 0.323 e. The number of methoxy groups -OCH3 is 1. The van der Waals surface area contributed by atoms with Crippen LogP contribution < -0.4 is 10.1 Å². The highest BCUT2D eigenvalue weighted by Crippen LogP contribution is 2.33. The van der Waals surface area contributed by atoms with Crippen molar-refractivity contribution in [3.8, 4) is 5.75 Å². The van der Waals surface area contributed by atoms with Crippen molar-refractivity contribution in [2.75, 3.05) is 19.0 Å². The summed E-state index contributed by atoms with van der Waals surface area (Å²) in [5.74, 6) is -0.665. The fourth-order valence-corrected chi connectivity index (χ4v) is 2.65. The van der Waals surface area contributed by atoms with Gasteiger partial charge < -0.3 is 20.1 Å². The Balaban J connectivity index is 2.01. The van der Waals surface area contributed by atoms with E-state index in [-0.39, 0.29) is 12.5 Å². The zero-order chi connectivity index (χ0) is 16.4. The van der Waals surface area contributed by atoms with Crippen LogP contribution >= 0.6 is 0 Å². The number of carboxylic acids is 1. The summed E-state index contributed by atoms with van der Waals surface area (Å²) in [6, 6.07) is 14.3. The van der Waals surface area contributed by atoms with Gasteiger partial charge >= 0.3 is 5.97 Å². The van der Waals surface area contributed by atoms with Gasteiger partial charge in [0.25, 0.3) is 5.91 Å². The van der Waals surface area contributed by atoms with Crippen molar-refractivity contribution in [3.63, 3.8) is 0 Å². The topological polar surface area (TPSA) is 78.9 Å². The number of anilines is 1. The number of amides is 1. The number of nitrogens with one attached hydrogen (secondary N) is 1. The first-order valence-corrected chi connectivity index (χ1v) is 7.12. The summed E-state index contributed by atoms with van der Waals surface area (Å²) in [7, 11) is 1.57. The second-order valence-corrected chi connectivity index (χ2v) is 5.19. The standard InChI is InChI=1S/C17H16N2O4/c1-23-12-8-6-11(7-9-12)16-18-14-5-3-2-4-13(14)17(22)19(16)10-15(20)21/h2-9,16,18H,10H2,1H3,(H,20,21)/t16-/m1/s1. The Morgan fingerprint density at radius 1 is 1.22 bits per heavy atom. The maximum atomic E-state index is 12.7. The van der Waals surface area contributed by atoms with E-state index in [0.29, 0.717) is 17.0 Å². The number of carbonyl (C=O) groups is 2. The molecular weight excluding hydrogens is 296 g/mol. The first kappa shape index (κ1) is 14.9. The van der Waals surface area contributed by atoms with Crippen molar-refractivity contribution >= 4 is 17.6 Å². The van der Waals surface area contributed by atoms with Crippen LogP contribution in [0.5, 0.6) is 5.75 Å². The molecule has 1 aliphatic heterocycles. The van der Waals surface area contributed by atoms with E-state index < -0.39 is 12.1 Å². The molecule has 2 N–H and O–H groups in total. The van der Waals surface area contributed by atoms with E-state index in [1.165, 1.54) is 4.90 Å². The van der Waals surface area contributed by atoms with Crippen molar-refractivity contribution in [2.45, 2.75) is 6.17 Å². The Morgan fingerprint density at radius 3 is 2.57 bits per heavy atom. The summed E-state index contributed by atoms with van der Waals surface area (Å²) >= 11 is 0. The molecule has 0 bridgehead atoms. The first-order chi connectivity index (χ1) is 11.1. The molecule has 0 spiro atoms. The zero-order valence-corrected chi connectivity index (χ0v) is 12.5. The number of aliphatic carboxylic acids is 1. The lowest BCUT2D eigenvalue weighted by Crippen LogP contribution is -2.45. The van der Waals surface area contributed by atoms with E-state index in [1.54, 1.807) is 31.4 Å². The minimum Gasteiger partial charge on any atom is -0.497 e. The van der Waals surface area contributed by atoms with Crippen LogP contribution in [0.25, 0.3) is 0 Å². The highest BCUT2D eigenvalue weighted by atomic mass is 16.5. The maximum absolute atomic E-state index is 12.7. The van der Waals surface area contributed by atoms with Gasteiger partial charge in [-0.05, 0) is 29.8 Å². The average molecular weight is 312 g/mol. The number of benzene rings is 2. The number of fused-ring (bicyclic) bond motifs is 1. The molecule has 6 nitrogen and oxygen atoms in total. The van der Waals surface area contributed by atoms with E-state index in [2.05, 4.69) is 5.32 Å². The number of hydrogen-bond donors (Lipinski definition) is 2. The van der Waals surface area contributed by atoms with Gasteiger partial charge in [0.15, 0.2) is 0 Å². The lowest BCUT2D eigenvalue weighted by molar-refractivity contribution is -0.138. The van der Waals surface area contributed by atoms with Crippen LogP contribution in [0.1, 0.15) is 22.1 Å². The highest BCUT2D eigenvalue weighted by molar-refractivity contribution is 6.02. The summed E-state index contributed by atoms with van der Waals surface area (Å²) in [5.41, 5.74) is 1.95. The number of carbonyl (C=O) groups excluding carboxylic acids is 1. The summed E-state index contributed by atoms with van der Waals surface area (Å²) in [5, 5.41) is 12.4. The van der Waals surface area contributed by atoms with Crippen LogP contribution in [0, 0.1) is 0 Å². The monoisotopic (exact) mass is 312 g/mol. The van der Waals surface area contributed by atoms with Crippen molar-refractivity contribution < 1.29 is 19.4 Å². The molecule has 23 heavy (non-hydrogen) atoms. The van der Waals surface area contributed by atoms with E-state index in [1.807, 2.05) is 24.3 Å². The van der Waals surface area contributed by atoms with Crippen molar-refractivity contribution in [1.82, 2.24) is 4.90 Å². The predicted molar refractivity (Wildman–Crippen MR) is 84.5 cm³/mol. The molecule has 2 aromatic rings. The molecule has 0 saturated carbocycles. The molecule has 0 unspecified atom stereocenters. The Morgan fingerprint density at radius 2 is 1.91 bits per heavy atom. The molecule has 6 heteroatoms. The second-order valence-electron chi connectivity index (χ2n) is 5.19. The predicted octanol–water partition coefficient (Wildman–Crippen LogP) is 2.35. The number of carboxylic acid groups (broad SMARTS) is 1. The third-order valence-electron chi connectivity index (χ3n) is 3.76. The van der Waals surface area contributed by atoms with Crippen molar-refractivity contribution in [3.05, 3.63) is 59.7 Å². The summed E-state index contributed by atoms with van der Waals surface area (Å²) < 4.78 is 5.13. The third kappa shape index (κ3) is 2.83. The Labute approximate surface area is 133 Å². The van der Waals surface area contributed by atoms with E-state index in [9.17, 15) is 9.59 Å². The van der Waals surface area contributed by atoms with Crippen LogP contribution in [0.4, 0.5) is 5.69 Å². The molecule has 1 amide bonds. The quantitative estimate of drug-likeness (QED) is 0.906. The molecule has 1 aliphatic rings. The van der Waals surface area contributed by atoms with Crippen LogP contribution in [0.15, 0.2) is 48.5 Å². The summed E-state index contributed by atoms with van der Waals surface area (Å²) in [6.45, 7) is -0.378. The van der Waals surface area contributed by atoms with Gasteiger partial charge in [-0.15, -0.1) is 0 Å². The number of hydrogen-bond acceptors (Lipinski definition) is 4. The van der Waals surface area contributed by atoms with E-state index in [0.717, 1.165) is 5.56 Å². The zero-order valence-electron chi connectivity index (χ0n) is 12.5. The minimum atomic E-state index is -1.06. The molecule has 1 heterocycles. The van der Waals surface area contributed by atoms with Gasteiger partial charge in [-0.25, -0.2) is 0 Å². The molecule has 0 aliphatic carbocycles. The van der Waals surface area contributed by atoms with Gasteiger partial charge in [0, 0.05) is 5.69 Å². The van der Waals surface area contributed by atoms with Gasteiger partial charge in [-0.1, -0.05) is 24.3 Å². The molecule has 0 radical (unpaired) electrons. The number of para-hydroxylation sites is 1. The highest BCUT2D eigenvalue weighted by Gasteiger charge is 2.33. The largest absolute Gasteiger partial charge is 0.497 e. The molecule has 118 valence electrons. The normalized spacial score (nSPS) is 16.5. The minimum absolute atomic E-state index is 0.303. The number of nitrogens with zero attached hydrogens (tertiary/aromatic N) is 1. The lowest BCUT2D eigenvalue weighted by atomic mass is 10.0. The van der Waals surface area contributed by atoms with Crippen molar-refractivity contribution in [2.24, 2.45) is 0 Å². The fraction of sp³-hybridized carbons (Fsp3) is 0.176. The van der Waals surface area contributed by atoms with Crippen LogP contribution in [0.2, 0.25) is 0 Å². The summed E-state index contributed by atoms with van der Waals surface area (Å²) in [4.78, 5) is 25.1. The van der Waals surface area contributed by atoms with Crippen LogP contribution in [-0.4, -0.2) is 35.5 Å². The van der Waals surface area contributed by atoms with Gasteiger partial charge in [-0.2, -0.15) is 0 Å². The first-order valence-electron chi connectivity index (χ1n) is 7.12. The molecule has 0 fully saturated rings. The van der Waals surface area contributed by atoms with Gasteiger partial charge in [0.2, 0.25) is 0 Å². The molecule has 1 atom stereocenters. The van der Waals surface area contributed by atoms with Gasteiger partial charge in [0.05, 0.1) is 12.7 Å². The van der Waals surface area contributed by atoms with Crippen LogP contribution in [0.3, 0.4) is 0 Å². The Hall–Kier alpha value is -3.02. The molecule has 3 rings (SSSR count). The summed E-state index contributed by atoms with van der Waals surface area (Å²) in [6.07, 6.45) is -0.542. The molecule has 2 aromatic carbocycles. The Bertz CT molecular complexity index is 743. The second kappa shape index (κ2) is 6.00. The van der Waals surface area contributed by atoms with Gasteiger partial charge in [0.1, 0.15) is 18.5 Å². The van der Waals surface area contributed by atoms with Gasteiger partial charge in [-0.3, -0.25) is 9.59 Å². The smallest absolute Gasteiger partial charge is 0.323 e. The molecular formula is C17H16N2O4. The SMILES string of the molecule is COc1ccc([C@@H]2Nc3ccccc3C(=O)N2CC(=O)O)cc1. The third-order valence-corrected chi connectivity index (χ3v) is 3.76. The average Bonchev–Trinajstić information content (AvgIpc) is 2.57. The van der Waals surface area contributed by atoms with Crippen LogP contribution in [-0.2, 0) is 4.79 Å². The lowest BCUT2D eigenvalue weighted by Gasteiger charge is -2.37. The molecule has 0 aromatic heterocycles. The number of ether oxygens (including phenoxy) is 1. The van der Waals surface area contributed by atoms with E-state index in [4.69, 9.17) is 9.84 Å².